The van der Waals surface area contributed by atoms with Crippen LogP contribution in [-0.4, -0.2) is 42.2 Å². The Morgan fingerprint density at radius 2 is 1.78 bits per heavy atom. The Hall–Kier alpha value is -0.340. The summed E-state index contributed by atoms with van der Waals surface area (Å²) in [7, 11) is 0. The third-order valence-electron chi connectivity index (χ3n) is 8.66. The number of hydrogen-bond donors (Lipinski definition) is 1. The Morgan fingerprint density at radius 1 is 1.04 bits per heavy atom. The van der Waals surface area contributed by atoms with Crippen LogP contribution in [-0.2, 0) is 0 Å². The largest absolute Gasteiger partial charge is 0.319 e. The molecule has 0 bridgehead atoms. The van der Waals surface area contributed by atoms with E-state index < -0.39 is 0 Å². The summed E-state index contributed by atoms with van der Waals surface area (Å²) in [4.78, 5) is 0. The molecule has 2 saturated carbocycles. The SMILES string of the molecule is CC1=C2C3(CCCC3)C2(C2CC(C)CC[N+]23CCCC3)NCC1. The van der Waals surface area contributed by atoms with Crippen LogP contribution in [0.25, 0.3) is 0 Å². The highest BCUT2D eigenvalue weighted by molar-refractivity contribution is 5.58. The maximum absolute atomic E-state index is 4.20. The first kappa shape index (κ1) is 15.0. The van der Waals surface area contributed by atoms with E-state index >= 15 is 0 Å². The molecular weight excluding hydrogens is 280 g/mol. The lowest BCUT2D eigenvalue weighted by Gasteiger charge is -2.51. The number of nitrogens with one attached hydrogen (secondary N) is 1. The average Bonchev–Trinajstić information content (AvgIpc) is 2.95. The molecule has 1 N–H and O–H groups in total. The maximum atomic E-state index is 4.20. The van der Waals surface area contributed by atoms with E-state index in [1.807, 2.05) is 5.57 Å². The van der Waals surface area contributed by atoms with E-state index in [2.05, 4.69) is 19.2 Å². The Bertz CT molecular complexity index is 536. The molecule has 2 aliphatic carbocycles. The molecule has 2 nitrogen and oxygen atoms in total. The van der Waals surface area contributed by atoms with E-state index in [0.29, 0.717) is 11.0 Å². The molecule has 5 aliphatic rings. The van der Waals surface area contributed by atoms with E-state index in [0.717, 1.165) is 12.0 Å². The number of piperidine rings is 1. The standard InChI is InChI=1S/C21H35N2/c1-16-8-14-23(12-5-6-13-23)18(15-16)21-19(17(2)7-11-22-21)20(21)9-3-4-10-20/h16,18,22H,3-15H2,1-2H3/q+1. The highest BCUT2D eigenvalue weighted by atomic mass is 15.4. The molecule has 0 aromatic heterocycles. The smallest absolute Gasteiger partial charge is 0.113 e. The van der Waals surface area contributed by atoms with Gasteiger partial charge in [0.25, 0.3) is 0 Å². The van der Waals surface area contributed by atoms with Crippen LogP contribution in [0.4, 0.5) is 0 Å². The normalized spacial score (nSPS) is 44.1. The van der Waals surface area contributed by atoms with Gasteiger partial charge in [0.05, 0.1) is 19.6 Å². The molecule has 2 spiro atoms. The van der Waals surface area contributed by atoms with Gasteiger partial charge in [-0.3, -0.25) is 0 Å². The minimum atomic E-state index is 0.421. The van der Waals surface area contributed by atoms with Crippen molar-refractivity contribution in [3.05, 3.63) is 11.1 Å². The molecule has 2 saturated heterocycles. The summed E-state index contributed by atoms with van der Waals surface area (Å²) < 4.78 is 1.48. The zero-order valence-corrected chi connectivity index (χ0v) is 15.3. The summed E-state index contributed by atoms with van der Waals surface area (Å²) >= 11 is 0. The number of fused-ring (bicyclic) bond motifs is 3. The molecule has 2 heteroatoms. The molecule has 0 radical (unpaired) electrons. The van der Waals surface area contributed by atoms with Crippen molar-refractivity contribution >= 4 is 0 Å². The van der Waals surface area contributed by atoms with Gasteiger partial charge in [0.1, 0.15) is 11.6 Å². The summed E-state index contributed by atoms with van der Waals surface area (Å²) in [6.07, 6.45) is 13.1. The fourth-order valence-electron chi connectivity index (χ4n) is 7.78. The molecule has 0 aromatic carbocycles. The fourth-order valence-corrected chi connectivity index (χ4v) is 7.78. The second kappa shape index (κ2) is 4.85. The molecule has 3 unspecified atom stereocenters. The molecule has 0 aromatic rings. The van der Waals surface area contributed by atoms with Gasteiger partial charge in [-0.15, -0.1) is 0 Å². The van der Waals surface area contributed by atoms with E-state index in [9.17, 15) is 0 Å². The number of quaternary nitrogens is 1. The molecule has 3 aliphatic heterocycles. The Labute approximate surface area is 142 Å². The Kier molecular flexibility index (Phi) is 3.15. The highest BCUT2D eigenvalue weighted by Crippen LogP contribution is 2.75. The third-order valence-corrected chi connectivity index (χ3v) is 8.66. The van der Waals surface area contributed by atoms with Gasteiger partial charge in [-0.05, 0) is 50.6 Å². The van der Waals surface area contributed by atoms with Gasteiger partial charge in [-0.25, -0.2) is 0 Å². The summed E-state index contributed by atoms with van der Waals surface area (Å²) in [5.41, 5.74) is 4.71. The first-order chi connectivity index (χ1) is 11.1. The van der Waals surface area contributed by atoms with Crippen molar-refractivity contribution in [3.8, 4) is 0 Å². The lowest BCUT2D eigenvalue weighted by Crippen LogP contribution is -2.67. The summed E-state index contributed by atoms with van der Waals surface area (Å²) in [6.45, 7) is 10.7. The molecule has 0 amide bonds. The summed E-state index contributed by atoms with van der Waals surface area (Å²) in [5.74, 6) is 0.933. The average molecular weight is 316 g/mol. The van der Waals surface area contributed by atoms with Crippen LogP contribution in [0.15, 0.2) is 11.1 Å². The maximum Gasteiger partial charge on any atom is 0.113 e. The van der Waals surface area contributed by atoms with E-state index in [1.54, 1.807) is 5.57 Å². The predicted octanol–water partition coefficient (Wildman–Crippen LogP) is 4.02. The molecule has 3 atom stereocenters. The van der Waals surface area contributed by atoms with Crippen molar-refractivity contribution in [1.82, 2.24) is 5.32 Å². The second-order valence-corrected chi connectivity index (χ2v) is 9.67. The quantitative estimate of drug-likeness (QED) is 0.569. The summed E-state index contributed by atoms with van der Waals surface area (Å²) in [5, 5.41) is 4.20. The van der Waals surface area contributed by atoms with Crippen LogP contribution in [0.2, 0.25) is 0 Å². The zero-order chi connectivity index (χ0) is 15.7. The zero-order valence-electron chi connectivity index (χ0n) is 15.3. The number of hydrogen-bond acceptors (Lipinski definition) is 1. The Balaban J connectivity index is 1.62. The predicted molar refractivity (Wildman–Crippen MR) is 95.2 cm³/mol. The van der Waals surface area contributed by atoms with E-state index in [1.165, 1.54) is 88.4 Å². The van der Waals surface area contributed by atoms with Crippen LogP contribution in [0, 0.1) is 11.3 Å². The second-order valence-electron chi connectivity index (χ2n) is 9.67. The van der Waals surface area contributed by atoms with Gasteiger partial charge in [-0.2, -0.15) is 0 Å². The van der Waals surface area contributed by atoms with Crippen LogP contribution in [0.5, 0.6) is 0 Å². The first-order valence-corrected chi connectivity index (χ1v) is 10.5. The highest BCUT2D eigenvalue weighted by Gasteiger charge is 2.80. The molecule has 5 rings (SSSR count). The van der Waals surface area contributed by atoms with Crippen LogP contribution < -0.4 is 5.32 Å². The summed E-state index contributed by atoms with van der Waals surface area (Å²) in [6, 6.07) is 0.886. The molecular formula is C21H35N2+. The third kappa shape index (κ3) is 1.73. The minimum absolute atomic E-state index is 0.421. The number of nitrogens with zero attached hydrogens (tertiary/aromatic N) is 1. The van der Waals surface area contributed by atoms with Gasteiger partial charge in [-0.1, -0.05) is 25.3 Å². The molecule has 4 fully saturated rings. The van der Waals surface area contributed by atoms with Crippen molar-refractivity contribution in [3.63, 3.8) is 0 Å². The van der Waals surface area contributed by atoms with Crippen molar-refractivity contribution in [1.29, 1.82) is 0 Å². The van der Waals surface area contributed by atoms with Crippen LogP contribution in [0.1, 0.15) is 71.6 Å². The van der Waals surface area contributed by atoms with Crippen molar-refractivity contribution in [2.75, 3.05) is 26.2 Å². The molecule has 128 valence electrons. The lowest BCUT2D eigenvalue weighted by atomic mass is 9.80. The fraction of sp³-hybridized carbons (Fsp3) is 0.905. The number of rotatable bonds is 1. The molecule has 23 heavy (non-hydrogen) atoms. The van der Waals surface area contributed by atoms with Crippen LogP contribution in [0.3, 0.4) is 0 Å². The van der Waals surface area contributed by atoms with Gasteiger partial charge in [0.2, 0.25) is 0 Å². The minimum Gasteiger partial charge on any atom is -0.319 e. The van der Waals surface area contributed by atoms with Gasteiger partial charge in [0.15, 0.2) is 0 Å². The van der Waals surface area contributed by atoms with Gasteiger partial charge >= 0.3 is 0 Å². The van der Waals surface area contributed by atoms with E-state index in [4.69, 9.17) is 0 Å². The van der Waals surface area contributed by atoms with E-state index in [-0.39, 0.29) is 0 Å². The van der Waals surface area contributed by atoms with Gasteiger partial charge in [0, 0.05) is 24.7 Å². The monoisotopic (exact) mass is 315 g/mol. The van der Waals surface area contributed by atoms with Crippen molar-refractivity contribution < 1.29 is 4.48 Å². The first-order valence-electron chi connectivity index (χ1n) is 10.5. The Morgan fingerprint density at radius 3 is 2.52 bits per heavy atom. The van der Waals surface area contributed by atoms with Crippen molar-refractivity contribution in [2.45, 2.75) is 83.2 Å². The van der Waals surface area contributed by atoms with Gasteiger partial charge < -0.3 is 9.80 Å². The lowest BCUT2D eigenvalue weighted by molar-refractivity contribution is -0.949. The topological polar surface area (TPSA) is 12.0 Å². The molecule has 3 heterocycles. The van der Waals surface area contributed by atoms with Crippen molar-refractivity contribution in [2.24, 2.45) is 11.3 Å². The van der Waals surface area contributed by atoms with Crippen LogP contribution >= 0.6 is 0 Å².